The number of unbranched alkanes of at least 4 members (excludes halogenated alkanes) is 3. The van der Waals surface area contributed by atoms with Crippen LogP contribution in [0.5, 0.6) is 0 Å². The van der Waals surface area contributed by atoms with E-state index >= 15 is 0 Å². The predicted molar refractivity (Wildman–Crippen MR) is 96.4 cm³/mol. The fourth-order valence-corrected chi connectivity index (χ4v) is 3.45. The van der Waals surface area contributed by atoms with E-state index in [4.69, 9.17) is 4.55 Å². The van der Waals surface area contributed by atoms with Gasteiger partial charge in [-0.1, -0.05) is 77.8 Å². The van der Waals surface area contributed by atoms with Gasteiger partial charge in [0.2, 0.25) is 0 Å². The van der Waals surface area contributed by atoms with Gasteiger partial charge in [0.1, 0.15) is 0 Å². The summed E-state index contributed by atoms with van der Waals surface area (Å²) in [7, 11) is -4.09. The predicted octanol–water partition coefficient (Wildman–Crippen LogP) is 5.81. The number of hydrogen-bond donors (Lipinski definition) is 1. The molecule has 0 aliphatic rings. The maximum Gasteiger partial charge on any atom is 0.294 e. The van der Waals surface area contributed by atoms with Crippen molar-refractivity contribution in [3.8, 4) is 0 Å². The summed E-state index contributed by atoms with van der Waals surface area (Å²) in [5.41, 5.74) is 1.13. The summed E-state index contributed by atoms with van der Waals surface area (Å²) in [6.07, 6.45) is 10.2. The van der Waals surface area contributed by atoms with E-state index in [-0.39, 0.29) is 4.90 Å². The summed E-state index contributed by atoms with van der Waals surface area (Å²) in [5, 5.41) is 0. The van der Waals surface area contributed by atoms with Crippen molar-refractivity contribution >= 4 is 10.1 Å². The zero-order valence-corrected chi connectivity index (χ0v) is 15.6. The van der Waals surface area contributed by atoms with Crippen LogP contribution in [-0.4, -0.2) is 13.0 Å². The Morgan fingerprint density at radius 3 is 1.96 bits per heavy atom. The van der Waals surface area contributed by atoms with Gasteiger partial charge < -0.3 is 0 Å². The zero-order chi connectivity index (χ0) is 17.3. The zero-order valence-electron chi connectivity index (χ0n) is 14.8. The fraction of sp³-hybridized carbons (Fsp3) is 0.684. The molecule has 0 aliphatic heterocycles. The highest BCUT2D eigenvalue weighted by Gasteiger charge is 2.11. The maximum atomic E-state index is 11.0. The van der Waals surface area contributed by atoms with Crippen LogP contribution >= 0.6 is 0 Å². The maximum absolute atomic E-state index is 11.0. The average molecular weight is 341 g/mol. The molecule has 0 fully saturated rings. The molecule has 0 bridgehead atoms. The fourth-order valence-electron chi connectivity index (χ4n) is 2.97. The molecule has 132 valence electrons. The minimum atomic E-state index is -4.09. The Kier molecular flexibility index (Phi) is 8.85. The molecule has 1 rings (SSSR count). The van der Waals surface area contributed by atoms with Crippen LogP contribution in [0.3, 0.4) is 0 Å². The molecule has 0 radical (unpaired) electrons. The van der Waals surface area contributed by atoms with Crippen LogP contribution in [-0.2, 0) is 10.1 Å². The van der Waals surface area contributed by atoms with Crippen LogP contribution in [0.2, 0.25) is 0 Å². The molecule has 0 aromatic heterocycles. The first-order valence-electron chi connectivity index (χ1n) is 8.92. The Hall–Kier alpha value is -0.870. The van der Waals surface area contributed by atoms with Gasteiger partial charge in [-0.25, -0.2) is 0 Å². The van der Waals surface area contributed by atoms with E-state index < -0.39 is 10.1 Å². The molecule has 0 aliphatic carbocycles. The summed E-state index contributed by atoms with van der Waals surface area (Å²) in [6, 6.07) is 6.58. The van der Waals surface area contributed by atoms with Crippen molar-refractivity contribution < 1.29 is 13.0 Å². The Morgan fingerprint density at radius 2 is 1.43 bits per heavy atom. The molecule has 1 N–H and O–H groups in total. The molecule has 4 heteroatoms. The highest BCUT2D eigenvalue weighted by molar-refractivity contribution is 7.85. The van der Waals surface area contributed by atoms with Crippen molar-refractivity contribution in [1.29, 1.82) is 0 Å². The topological polar surface area (TPSA) is 54.4 Å². The second-order valence-corrected chi connectivity index (χ2v) is 8.25. The minimum Gasteiger partial charge on any atom is -0.282 e. The van der Waals surface area contributed by atoms with Crippen molar-refractivity contribution in [2.75, 3.05) is 0 Å². The highest BCUT2D eigenvalue weighted by Crippen LogP contribution is 2.24. The van der Waals surface area contributed by atoms with E-state index in [9.17, 15) is 8.42 Å². The van der Waals surface area contributed by atoms with Gasteiger partial charge in [0.15, 0.2) is 0 Å². The third kappa shape index (κ3) is 7.98. The van der Waals surface area contributed by atoms with Crippen molar-refractivity contribution in [3.05, 3.63) is 29.8 Å². The normalized spacial score (nSPS) is 14.6. The number of benzene rings is 1. The molecule has 0 heterocycles. The lowest BCUT2D eigenvalue weighted by Crippen LogP contribution is -2.00. The average Bonchev–Trinajstić information content (AvgIpc) is 2.51. The Morgan fingerprint density at radius 1 is 0.913 bits per heavy atom. The van der Waals surface area contributed by atoms with E-state index in [1.807, 2.05) is 0 Å². The molecule has 1 unspecified atom stereocenters. The SMILES string of the molecule is CCCCC[C@H](C)CCCCC(C)c1ccc(S(=O)(=O)O)cc1. The second kappa shape index (κ2) is 10.1. The van der Waals surface area contributed by atoms with E-state index in [0.717, 1.165) is 17.9 Å². The van der Waals surface area contributed by atoms with Crippen LogP contribution in [0.4, 0.5) is 0 Å². The molecule has 0 saturated carbocycles. The van der Waals surface area contributed by atoms with E-state index in [0.29, 0.717) is 5.92 Å². The van der Waals surface area contributed by atoms with Crippen molar-refractivity contribution in [2.24, 2.45) is 5.92 Å². The van der Waals surface area contributed by atoms with E-state index in [2.05, 4.69) is 20.8 Å². The van der Waals surface area contributed by atoms with Gasteiger partial charge in [-0.3, -0.25) is 4.55 Å². The number of rotatable bonds is 11. The van der Waals surface area contributed by atoms with Gasteiger partial charge in [0.05, 0.1) is 4.90 Å². The molecular formula is C19H32O3S. The molecule has 1 aromatic carbocycles. The van der Waals surface area contributed by atoms with Crippen LogP contribution < -0.4 is 0 Å². The van der Waals surface area contributed by atoms with Gasteiger partial charge in [0.25, 0.3) is 10.1 Å². The Balaban J connectivity index is 2.30. The smallest absolute Gasteiger partial charge is 0.282 e. The molecule has 23 heavy (non-hydrogen) atoms. The van der Waals surface area contributed by atoms with Crippen LogP contribution in [0.15, 0.2) is 29.2 Å². The largest absolute Gasteiger partial charge is 0.294 e. The van der Waals surface area contributed by atoms with Crippen molar-refractivity contribution in [3.63, 3.8) is 0 Å². The molecule has 1 aromatic rings. The number of hydrogen-bond acceptors (Lipinski definition) is 2. The van der Waals surface area contributed by atoms with Gasteiger partial charge in [-0.2, -0.15) is 8.42 Å². The monoisotopic (exact) mass is 340 g/mol. The highest BCUT2D eigenvalue weighted by atomic mass is 32.2. The summed E-state index contributed by atoms with van der Waals surface area (Å²) in [6.45, 7) is 6.77. The summed E-state index contributed by atoms with van der Waals surface area (Å²) in [5.74, 6) is 1.24. The van der Waals surface area contributed by atoms with Crippen molar-refractivity contribution in [2.45, 2.75) is 83.0 Å². The molecule has 3 nitrogen and oxygen atoms in total. The molecule has 2 atom stereocenters. The molecule has 0 saturated heterocycles. The Bertz CT molecular complexity index is 534. The summed E-state index contributed by atoms with van der Waals surface area (Å²) >= 11 is 0. The molecule has 0 amide bonds. The minimum absolute atomic E-state index is 0.0330. The van der Waals surface area contributed by atoms with E-state index in [1.165, 1.54) is 57.1 Å². The van der Waals surface area contributed by atoms with Gasteiger partial charge in [-0.05, 0) is 36.0 Å². The first-order chi connectivity index (χ1) is 10.8. The van der Waals surface area contributed by atoms with Crippen LogP contribution in [0.1, 0.15) is 83.6 Å². The molecular weight excluding hydrogens is 308 g/mol. The quantitative estimate of drug-likeness (QED) is 0.408. The van der Waals surface area contributed by atoms with Crippen LogP contribution in [0.25, 0.3) is 0 Å². The Labute approximate surface area is 142 Å². The lowest BCUT2D eigenvalue weighted by molar-refractivity contribution is 0.435. The van der Waals surface area contributed by atoms with Gasteiger partial charge in [-0.15, -0.1) is 0 Å². The first-order valence-corrected chi connectivity index (χ1v) is 10.4. The second-order valence-electron chi connectivity index (χ2n) is 6.83. The third-order valence-corrected chi connectivity index (χ3v) is 5.50. The summed E-state index contributed by atoms with van der Waals surface area (Å²) < 4.78 is 31.1. The van der Waals surface area contributed by atoms with Gasteiger partial charge >= 0.3 is 0 Å². The summed E-state index contributed by atoms with van der Waals surface area (Å²) in [4.78, 5) is -0.0330. The standard InChI is InChI=1S/C19H32O3S/c1-4-5-6-9-16(2)10-7-8-11-17(3)18-12-14-19(15-13-18)23(20,21)22/h12-17H,4-11H2,1-3H3,(H,20,21,22)/t16-,17?/m0/s1. The lowest BCUT2D eigenvalue weighted by Gasteiger charge is -2.14. The first kappa shape index (κ1) is 20.2. The van der Waals surface area contributed by atoms with E-state index in [1.54, 1.807) is 12.1 Å². The lowest BCUT2D eigenvalue weighted by atomic mass is 9.92. The molecule has 0 spiro atoms. The van der Waals surface area contributed by atoms with Crippen LogP contribution in [0, 0.1) is 5.92 Å². The third-order valence-electron chi connectivity index (χ3n) is 4.63. The van der Waals surface area contributed by atoms with Gasteiger partial charge in [0, 0.05) is 0 Å². The van der Waals surface area contributed by atoms with Crippen molar-refractivity contribution in [1.82, 2.24) is 0 Å².